The van der Waals surface area contributed by atoms with E-state index < -0.39 is 0 Å². The normalized spacial score (nSPS) is 11.7. The molecular weight excluding hydrogens is 749 g/mol. The van der Waals surface area contributed by atoms with Crippen LogP contribution in [0, 0.1) is 0 Å². The van der Waals surface area contributed by atoms with Gasteiger partial charge in [0.05, 0.1) is 0 Å². The van der Waals surface area contributed by atoms with Crippen LogP contribution < -0.4 is 9.80 Å². The van der Waals surface area contributed by atoms with Crippen LogP contribution in [0.3, 0.4) is 0 Å². The summed E-state index contributed by atoms with van der Waals surface area (Å²) in [6.07, 6.45) is 0. The van der Waals surface area contributed by atoms with Gasteiger partial charge < -0.3 is 14.2 Å². The van der Waals surface area contributed by atoms with E-state index in [1.807, 2.05) is 23.5 Å². The van der Waals surface area contributed by atoms with Gasteiger partial charge in [-0.2, -0.15) is 0 Å². The van der Waals surface area contributed by atoms with E-state index >= 15 is 0 Å². The Labute approximate surface area is 351 Å². The predicted octanol–water partition coefficient (Wildman–Crippen LogP) is 16.9. The Bertz CT molecular complexity index is 3550. The molecule has 10 aromatic carbocycles. The predicted molar refractivity (Wildman–Crippen MR) is 256 cm³/mol. The van der Waals surface area contributed by atoms with Crippen LogP contribution in [0.5, 0.6) is 0 Å². The van der Waals surface area contributed by atoms with Crippen molar-refractivity contribution >= 4 is 109 Å². The molecule has 0 amide bonds. The number of benzene rings is 10. The highest BCUT2D eigenvalue weighted by Gasteiger charge is 2.20. The summed E-state index contributed by atoms with van der Waals surface area (Å²) in [5.41, 5.74) is 10.7. The van der Waals surface area contributed by atoms with Gasteiger partial charge >= 0.3 is 0 Å². The van der Waals surface area contributed by atoms with Crippen molar-refractivity contribution in [1.82, 2.24) is 0 Å². The van der Waals surface area contributed by atoms with E-state index in [1.165, 1.54) is 47.5 Å². The lowest BCUT2D eigenvalue weighted by Crippen LogP contribution is -2.13. The van der Waals surface area contributed by atoms with Gasteiger partial charge in [-0.3, -0.25) is 0 Å². The Morgan fingerprint density at radius 2 is 0.817 bits per heavy atom. The zero-order chi connectivity index (χ0) is 39.6. The summed E-state index contributed by atoms with van der Waals surface area (Å²) in [5.74, 6) is 0. The van der Waals surface area contributed by atoms with E-state index in [-0.39, 0.29) is 0 Å². The van der Waals surface area contributed by atoms with Crippen molar-refractivity contribution in [2.24, 2.45) is 0 Å². The number of hydrogen-bond acceptors (Lipinski definition) is 4. The fourth-order valence-electron chi connectivity index (χ4n) is 8.93. The molecule has 0 aliphatic rings. The number of hydrogen-bond donors (Lipinski definition) is 0. The molecule has 2 aromatic heterocycles. The number of nitrogens with zero attached hydrogens (tertiary/aromatic N) is 2. The van der Waals surface area contributed by atoms with E-state index in [1.54, 1.807) is 0 Å². The molecule has 0 spiro atoms. The summed E-state index contributed by atoms with van der Waals surface area (Å²) < 4.78 is 8.90. The topological polar surface area (TPSA) is 19.6 Å². The number of anilines is 6. The Kier molecular flexibility index (Phi) is 8.03. The first-order valence-corrected chi connectivity index (χ1v) is 21.1. The van der Waals surface area contributed by atoms with Gasteiger partial charge in [0, 0.05) is 65.1 Å². The fraction of sp³-hybridized carbons (Fsp3) is 0. The highest BCUT2D eigenvalue weighted by Crippen LogP contribution is 2.44. The summed E-state index contributed by atoms with van der Waals surface area (Å²) in [5, 5.41) is 9.57. The maximum atomic E-state index is 6.31. The number of para-hydroxylation sites is 2. The first-order valence-electron chi connectivity index (χ1n) is 20.3. The molecule has 0 bridgehead atoms. The van der Waals surface area contributed by atoms with Crippen molar-refractivity contribution in [2.75, 3.05) is 9.80 Å². The number of rotatable bonds is 7. The average molecular weight is 785 g/mol. The van der Waals surface area contributed by atoms with Crippen LogP contribution in [0.15, 0.2) is 223 Å². The molecule has 0 unspecified atom stereocenters. The molecule has 0 atom stereocenters. The van der Waals surface area contributed by atoms with Gasteiger partial charge in [-0.25, -0.2) is 0 Å². The molecule has 0 radical (unpaired) electrons. The molecule has 2 heterocycles. The second kappa shape index (κ2) is 14.0. The molecule has 0 N–H and O–H groups in total. The molecule has 4 heteroatoms. The minimum atomic E-state index is 0.908. The second-order valence-corrected chi connectivity index (χ2v) is 16.4. The van der Waals surface area contributed by atoms with Gasteiger partial charge in [0.1, 0.15) is 11.2 Å². The minimum absolute atomic E-state index is 0.908. The zero-order valence-corrected chi connectivity index (χ0v) is 33.3. The van der Waals surface area contributed by atoms with Gasteiger partial charge in [-0.15, -0.1) is 11.3 Å². The molecule has 282 valence electrons. The van der Waals surface area contributed by atoms with Crippen LogP contribution >= 0.6 is 11.3 Å². The van der Waals surface area contributed by atoms with Crippen molar-refractivity contribution in [3.63, 3.8) is 0 Å². The van der Waals surface area contributed by atoms with E-state index in [4.69, 9.17) is 4.42 Å². The third kappa shape index (κ3) is 5.80. The monoisotopic (exact) mass is 784 g/mol. The third-order valence-corrected chi connectivity index (χ3v) is 12.9. The largest absolute Gasteiger partial charge is 0.456 e. The number of thiophene rings is 1. The molecule has 12 aromatic rings. The van der Waals surface area contributed by atoms with Crippen LogP contribution in [0.1, 0.15) is 0 Å². The lowest BCUT2D eigenvalue weighted by molar-refractivity contribution is 0.669. The molecule has 0 aliphatic carbocycles. The van der Waals surface area contributed by atoms with Crippen LogP contribution in [-0.4, -0.2) is 0 Å². The highest BCUT2D eigenvalue weighted by atomic mass is 32.1. The SMILES string of the molecule is c1ccc(-c2ccc(N(c3cccc(N(c4ccccc4)c4ccc5sc6ccccc6c5c4)c3)c3ccc4ccc5cc6oc7ccccc7c6cc5c4c3)cc2)cc1. The molecular formula is C56H36N2OS. The van der Waals surface area contributed by atoms with Crippen LogP contribution in [0.4, 0.5) is 34.1 Å². The smallest absolute Gasteiger partial charge is 0.136 e. The Hall–Kier alpha value is -7.66. The summed E-state index contributed by atoms with van der Waals surface area (Å²) in [4.78, 5) is 4.77. The fourth-order valence-corrected chi connectivity index (χ4v) is 10.0. The van der Waals surface area contributed by atoms with Gasteiger partial charge in [-0.1, -0.05) is 121 Å². The van der Waals surface area contributed by atoms with E-state index in [0.717, 1.165) is 61.4 Å². The van der Waals surface area contributed by atoms with Crippen LogP contribution in [-0.2, 0) is 0 Å². The maximum absolute atomic E-state index is 6.31. The van der Waals surface area contributed by atoms with Crippen molar-refractivity contribution in [1.29, 1.82) is 0 Å². The summed E-state index contributed by atoms with van der Waals surface area (Å²) in [7, 11) is 0. The van der Waals surface area contributed by atoms with Crippen LogP contribution in [0.2, 0.25) is 0 Å². The van der Waals surface area contributed by atoms with Crippen LogP contribution in [0.25, 0.3) is 74.8 Å². The van der Waals surface area contributed by atoms with Gasteiger partial charge in [0.15, 0.2) is 0 Å². The number of fused-ring (bicyclic) bond motifs is 9. The third-order valence-electron chi connectivity index (χ3n) is 11.8. The van der Waals surface area contributed by atoms with Crippen molar-refractivity contribution < 1.29 is 4.42 Å². The molecule has 0 saturated heterocycles. The Morgan fingerprint density at radius 1 is 0.283 bits per heavy atom. The molecule has 0 fully saturated rings. The van der Waals surface area contributed by atoms with E-state index in [2.05, 4.69) is 216 Å². The van der Waals surface area contributed by atoms with Gasteiger partial charge in [0.2, 0.25) is 0 Å². The van der Waals surface area contributed by atoms with Crippen molar-refractivity contribution in [3.05, 3.63) is 218 Å². The van der Waals surface area contributed by atoms with Gasteiger partial charge in [0.25, 0.3) is 0 Å². The average Bonchev–Trinajstić information content (AvgIpc) is 3.87. The quantitative estimate of drug-likeness (QED) is 0.150. The molecule has 60 heavy (non-hydrogen) atoms. The first kappa shape index (κ1) is 34.4. The van der Waals surface area contributed by atoms with E-state index in [9.17, 15) is 0 Å². The van der Waals surface area contributed by atoms with Gasteiger partial charge in [-0.05, 0) is 130 Å². The molecule has 3 nitrogen and oxygen atoms in total. The molecule has 0 saturated carbocycles. The lowest BCUT2D eigenvalue weighted by Gasteiger charge is -2.29. The van der Waals surface area contributed by atoms with E-state index in [0.29, 0.717) is 0 Å². The number of furan rings is 1. The minimum Gasteiger partial charge on any atom is -0.456 e. The second-order valence-electron chi connectivity index (χ2n) is 15.4. The maximum Gasteiger partial charge on any atom is 0.136 e. The summed E-state index contributed by atoms with van der Waals surface area (Å²) in [6, 6.07) is 78.9. The van der Waals surface area contributed by atoms with Crippen molar-refractivity contribution in [2.45, 2.75) is 0 Å². The lowest BCUT2D eigenvalue weighted by atomic mass is 9.98. The highest BCUT2D eigenvalue weighted by molar-refractivity contribution is 7.25. The summed E-state index contributed by atoms with van der Waals surface area (Å²) >= 11 is 1.85. The Balaban J connectivity index is 1.05. The standard InChI is InChI=1S/C56H36N2OS/c1-3-12-37(13-4-1)38-24-27-42(28-25-38)58(45-29-26-39-22-23-40-32-54-51(36-50(40)49(39)34-45)47-18-7-9-20-53(47)59-54)44-17-11-16-43(33-44)57(41-14-5-2-6-15-41)46-30-31-56-52(35-46)48-19-8-10-21-55(48)60-56/h1-36H. The molecule has 0 aliphatic heterocycles. The first-order chi connectivity index (χ1) is 29.7. The Morgan fingerprint density at radius 3 is 1.62 bits per heavy atom. The zero-order valence-electron chi connectivity index (χ0n) is 32.5. The molecule has 12 rings (SSSR count). The summed E-state index contributed by atoms with van der Waals surface area (Å²) in [6.45, 7) is 0. The van der Waals surface area contributed by atoms with Crippen molar-refractivity contribution in [3.8, 4) is 11.1 Å².